The zero-order chi connectivity index (χ0) is 12.3. The molecule has 1 N–H and O–H groups in total. The highest BCUT2D eigenvalue weighted by molar-refractivity contribution is 5.65. The van der Waals surface area contributed by atoms with Gasteiger partial charge in [0.15, 0.2) is 0 Å². The summed E-state index contributed by atoms with van der Waals surface area (Å²) in [6, 6.07) is 3.48. The highest BCUT2D eigenvalue weighted by Crippen LogP contribution is 2.30. The van der Waals surface area contributed by atoms with Gasteiger partial charge in [-0.2, -0.15) is 0 Å². The van der Waals surface area contributed by atoms with Gasteiger partial charge in [0.05, 0.1) is 15.9 Å². The Kier molecular flexibility index (Phi) is 3.36. The first-order valence-corrected chi connectivity index (χ1v) is 4.31. The molecule has 0 atom stereocenters. The molecule has 0 aromatic heterocycles. The predicted molar refractivity (Wildman–Crippen MR) is 57.2 cm³/mol. The number of anilines is 1. The second-order valence-corrected chi connectivity index (χ2v) is 2.97. The number of hydrogen-bond acceptors (Lipinski definition) is 6. The maximum absolute atomic E-state index is 10.7. The molecular weight excluding hydrogens is 216 g/mol. The molecule has 0 spiro atoms. The van der Waals surface area contributed by atoms with Crippen molar-refractivity contribution in [1.82, 2.24) is 5.43 Å². The first-order valence-electron chi connectivity index (χ1n) is 4.31. The van der Waals surface area contributed by atoms with Crippen molar-refractivity contribution in [2.24, 2.45) is 0 Å². The van der Waals surface area contributed by atoms with E-state index >= 15 is 0 Å². The predicted octanol–water partition coefficient (Wildman–Crippen LogP) is 1.07. The number of hydrazine groups is 1. The Morgan fingerprint density at radius 2 is 1.88 bits per heavy atom. The van der Waals surface area contributed by atoms with Crippen molar-refractivity contribution >= 4 is 17.1 Å². The normalized spacial score (nSPS) is 9.88. The van der Waals surface area contributed by atoms with Gasteiger partial charge in [-0.05, 0) is 6.07 Å². The van der Waals surface area contributed by atoms with Gasteiger partial charge in [-0.1, -0.05) is 0 Å². The maximum atomic E-state index is 10.7. The number of nitrogens with one attached hydrogen (secondary N) is 1. The van der Waals surface area contributed by atoms with Crippen LogP contribution in [0.3, 0.4) is 0 Å². The summed E-state index contributed by atoms with van der Waals surface area (Å²) in [5, 5.41) is 22.6. The zero-order valence-corrected chi connectivity index (χ0v) is 8.71. The lowest BCUT2D eigenvalue weighted by Gasteiger charge is -2.16. The van der Waals surface area contributed by atoms with Crippen molar-refractivity contribution in [3.63, 3.8) is 0 Å². The molecule has 1 aromatic carbocycles. The third kappa shape index (κ3) is 2.23. The molecule has 8 heteroatoms. The molecule has 16 heavy (non-hydrogen) atoms. The SMILES string of the molecule is CNN(C)c1ccc([N+](=O)[O-])cc1[N+](=O)[O-]. The molecule has 0 saturated carbocycles. The van der Waals surface area contributed by atoms with Crippen LogP contribution < -0.4 is 10.4 Å². The van der Waals surface area contributed by atoms with Crippen molar-refractivity contribution in [2.45, 2.75) is 0 Å². The van der Waals surface area contributed by atoms with Crippen LogP contribution in [0.25, 0.3) is 0 Å². The summed E-state index contributed by atoms with van der Waals surface area (Å²) < 4.78 is 0. The molecule has 0 aliphatic carbocycles. The molecule has 0 radical (unpaired) electrons. The minimum absolute atomic E-state index is 0.262. The molecule has 0 aliphatic heterocycles. The molecule has 8 nitrogen and oxygen atoms in total. The highest BCUT2D eigenvalue weighted by Gasteiger charge is 2.21. The van der Waals surface area contributed by atoms with Gasteiger partial charge in [0, 0.05) is 20.2 Å². The summed E-state index contributed by atoms with van der Waals surface area (Å²) in [6.45, 7) is 0. The van der Waals surface area contributed by atoms with Crippen LogP contribution in [0.1, 0.15) is 0 Å². The molecule has 1 aromatic rings. The van der Waals surface area contributed by atoms with Crippen LogP contribution in [0.15, 0.2) is 18.2 Å². The molecule has 1 rings (SSSR count). The Bertz CT molecular complexity index is 434. The van der Waals surface area contributed by atoms with Crippen LogP contribution in [0, 0.1) is 20.2 Å². The lowest BCUT2D eigenvalue weighted by atomic mass is 10.2. The lowest BCUT2D eigenvalue weighted by molar-refractivity contribution is -0.393. The van der Waals surface area contributed by atoms with Crippen LogP contribution in [0.5, 0.6) is 0 Å². The van der Waals surface area contributed by atoms with E-state index in [4.69, 9.17) is 0 Å². The maximum Gasteiger partial charge on any atom is 0.300 e. The Balaban J connectivity index is 3.30. The van der Waals surface area contributed by atoms with Crippen LogP contribution in [0.2, 0.25) is 0 Å². The number of nitro groups is 2. The first kappa shape index (κ1) is 11.9. The molecule has 0 fully saturated rings. The highest BCUT2D eigenvalue weighted by atomic mass is 16.6. The molecule has 0 saturated heterocycles. The van der Waals surface area contributed by atoms with Gasteiger partial charge in [-0.15, -0.1) is 0 Å². The van der Waals surface area contributed by atoms with E-state index in [-0.39, 0.29) is 17.1 Å². The zero-order valence-electron chi connectivity index (χ0n) is 8.71. The van der Waals surface area contributed by atoms with E-state index < -0.39 is 9.85 Å². The molecular formula is C8H10N4O4. The quantitative estimate of drug-likeness (QED) is 0.608. The second-order valence-electron chi connectivity index (χ2n) is 2.97. The van der Waals surface area contributed by atoms with E-state index in [1.165, 1.54) is 17.1 Å². The molecule has 86 valence electrons. The van der Waals surface area contributed by atoms with E-state index in [0.29, 0.717) is 0 Å². The second kappa shape index (κ2) is 4.53. The fraction of sp³-hybridized carbons (Fsp3) is 0.250. The Labute approximate surface area is 90.7 Å². The summed E-state index contributed by atoms with van der Waals surface area (Å²) in [4.78, 5) is 19.9. The van der Waals surface area contributed by atoms with Crippen LogP contribution in [-0.4, -0.2) is 23.9 Å². The van der Waals surface area contributed by atoms with Crippen LogP contribution >= 0.6 is 0 Å². The van der Waals surface area contributed by atoms with E-state index in [1.54, 1.807) is 14.1 Å². The smallest absolute Gasteiger partial charge is 0.300 e. The topological polar surface area (TPSA) is 102 Å². The molecule has 0 unspecified atom stereocenters. The average molecular weight is 226 g/mol. The van der Waals surface area contributed by atoms with Crippen molar-refractivity contribution in [2.75, 3.05) is 19.1 Å². The molecule has 0 aliphatic rings. The van der Waals surface area contributed by atoms with Crippen molar-refractivity contribution in [1.29, 1.82) is 0 Å². The van der Waals surface area contributed by atoms with Gasteiger partial charge >= 0.3 is 5.69 Å². The molecule has 0 amide bonds. The number of benzene rings is 1. The summed E-state index contributed by atoms with van der Waals surface area (Å²) in [5.41, 5.74) is 2.33. The Hall–Kier alpha value is -2.22. The van der Waals surface area contributed by atoms with Crippen molar-refractivity contribution < 1.29 is 9.85 Å². The van der Waals surface area contributed by atoms with Gasteiger partial charge < -0.3 is 5.01 Å². The third-order valence-electron chi connectivity index (χ3n) is 2.06. The summed E-state index contributed by atoms with van der Waals surface area (Å²) >= 11 is 0. The third-order valence-corrected chi connectivity index (χ3v) is 2.06. The summed E-state index contributed by atoms with van der Waals surface area (Å²) in [7, 11) is 3.17. The Morgan fingerprint density at radius 1 is 1.25 bits per heavy atom. The minimum atomic E-state index is -0.670. The number of non-ortho nitro benzene ring substituents is 1. The van der Waals surface area contributed by atoms with E-state index in [9.17, 15) is 20.2 Å². The number of rotatable bonds is 4. The largest absolute Gasteiger partial charge is 0.306 e. The van der Waals surface area contributed by atoms with Gasteiger partial charge in [0.2, 0.25) is 0 Å². The van der Waals surface area contributed by atoms with Gasteiger partial charge in [0.25, 0.3) is 5.69 Å². The fourth-order valence-electron chi connectivity index (χ4n) is 1.18. The van der Waals surface area contributed by atoms with E-state index in [0.717, 1.165) is 6.07 Å². The average Bonchev–Trinajstić information content (AvgIpc) is 2.26. The van der Waals surface area contributed by atoms with Crippen LogP contribution in [0.4, 0.5) is 17.1 Å². The number of nitrogens with zero attached hydrogens (tertiary/aromatic N) is 3. The molecule has 0 bridgehead atoms. The Morgan fingerprint density at radius 3 is 2.31 bits per heavy atom. The number of hydrogen-bond donors (Lipinski definition) is 1. The first-order chi connectivity index (χ1) is 7.47. The summed E-state index contributed by atoms with van der Waals surface area (Å²) in [6.07, 6.45) is 0. The van der Waals surface area contributed by atoms with Crippen LogP contribution in [-0.2, 0) is 0 Å². The minimum Gasteiger partial charge on any atom is -0.306 e. The van der Waals surface area contributed by atoms with Gasteiger partial charge in [-0.25, -0.2) is 5.43 Å². The monoisotopic (exact) mass is 226 g/mol. The molecule has 0 heterocycles. The van der Waals surface area contributed by atoms with E-state index in [2.05, 4.69) is 5.43 Å². The summed E-state index contributed by atoms with van der Waals surface area (Å²) in [5.74, 6) is 0. The van der Waals surface area contributed by atoms with Gasteiger partial charge in [0.1, 0.15) is 5.69 Å². The number of nitro benzene ring substituents is 2. The van der Waals surface area contributed by atoms with Crippen molar-refractivity contribution in [3.8, 4) is 0 Å². The standard InChI is InChI=1S/C8H10N4O4/c1-9-10(2)7-4-3-6(11(13)14)5-8(7)12(15)16/h3-5,9H,1-2H3. The van der Waals surface area contributed by atoms with Gasteiger partial charge in [-0.3, -0.25) is 20.2 Å². The fourth-order valence-corrected chi connectivity index (χ4v) is 1.18. The van der Waals surface area contributed by atoms with Crippen molar-refractivity contribution in [3.05, 3.63) is 38.4 Å². The van der Waals surface area contributed by atoms with E-state index in [1.807, 2.05) is 0 Å². The lowest BCUT2D eigenvalue weighted by Crippen LogP contribution is -2.30.